The summed E-state index contributed by atoms with van der Waals surface area (Å²) in [6.45, 7) is 5.42. The molecule has 1 saturated heterocycles. The molecule has 0 radical (unpaired) electrons. The first-order chi connectivity index (χ1) is 16.3. The van der Waals surface area contributed by atoms with E-state index in [1.165, 1.54) is 12.1 Å². The van der Waals surface area contributed by atoms with Crippen LogP contribution in [0.1, 0.15) is 36.1 Å². The Bertz CT molecular complexity index is 1220. The number of benzene rings is 1. The molecule has 5 rings (SSSR count). The van der Waals surface area contributed by atoms with Crippen LogP contribution < -0.4 is 5.56 Å². The summed E-state index contributed by atoms with van der Waals surface area (Å²) in [5.74, 6) is 0.534. The predicted octanol–water partition coefficient (Wildman–Crippen LogP) is 5.29. The Kier molecular flexibility index (Phi) is 5.84. The fraction of sp³-hybridized carbons (Fsp3) is 0.407. The van der Waals surface area contributed by atoms with E-state index in [-0.39, 0.29) is 11.0 Å². The number of fused-ring (bicyclic) bond motifs is 1. The summed E-state index contributed by atoms with van der Waals surface area (Å²) in [6.07, 6.45) is 2.20. The smallest absolute Gasteiger partial charge is 0.315 e. The molecule has 178 valence electrons. The summed E-state index contributed by atoms with van der Waals surface area (Å²) in [6, 6.07) is 13.3. The third-order valence-corrected chi connectivity index (χ3v) is 7.37. The number of rotatable bonds is 7. The van der Waals surface area contributed by atoms with Crippen LogP contribution in [0.15, 0.2) is 65.7 Å². The van der Waals surface area contributed by atoms with Crippen LogP contribution in [0.3, 0.4) is 0 Å². The molecule has 2 aliphatic rings. The second-order valence-electron chi connectivity index (χ2n) is 9.68. The van der Waals surface area contributed by atoms with Crippen LogP contribution in [0.25, 0.3) is 11.1 Å². The van der Waals surface area contributed by atoms with Gasteiger partial charge in [-0.3, -0.25) is 9.78 Å². The van der Waals surface area contributed by atoms with E-state index in [4.69, 9.17) is 0 Å². The van der Waals surface area contributed by atoms with E-state index in [1.54, 1.807) is 22.9 Å². The molecular weight excluding hydrogens is 439 g/mol. The van der Waals surface area contributed by atoms with Crippen molar-refractivity contribution < 1.29 is 13.2 Å². The SMILES string of the molecule is Cc1ccc(-c2cccn(CCCCN3C[C@@H]4C[C@]4(c4ccc(C(F)(F)F)cc4)C3)c2=O)cn1. The third-order valence-electron chi connectivity index (χ3n) is 7.37. The molecule has 0 unspecified atom stereocenters. The first kappa shape index (κ1) is 22.8. The van der Waals surface area contributed by atoms with Crippen molar-refractivity contribution in [3.63, 3.8) is 0 Å². The predicted molar refractivity (Wildman–Crippen MR) is 126 cm³/mol. The lowest BCUT2D eigenvalue weighted by atomic mass is 9.94. The number of alkyl halides is 3. The Balaban J connectivity index is 1.14. The number of likely N-dealkylation sites (tertiary alicyclic amines) is 1. The Morgan fingerprint density at radius 1 is 1.06 bits per heavy atom. The summed E-state index contributed by atoms with van der Waals surface area (Å²) in [5.41, 5.74) is 2.87. The van der Waals surface area contributed by atoms with Crippen LogP contribution in [0.2, 0.25) is 0 Å². The maximum absolute atomic E-state index is 12.9. The summed E-state index contributed by atoms with van der Waals surface area (Å²) in [5, 5.41) is 0. The molecule has 0 spiro atoms. The zero-order chi connectivity index (χ0) is 23.9. The molecule has 2 atom stereocenters. The molecule has 4 nitrogen and oxygen atoms in total. The van der Waals surface area contributed by atoms with Crippen molar-refractivity contribution in [3.05, 3.63) is 88.1 Å². The van der Waals surface area contributed by atoms with Crippen molar-refractivity contribution >= 4 is 0 Å². The number of nitrogens with zero attached hydrogens (tertiary/aromatic N) is 3. The van der Waals surface area contributed by atoms with E-state index in [0.717, 1.165) is 55.7 Å². The molecule has 0 bridgehead atoms. The van der Waals surface area contributed by atoms with E-state index < -0.39 is 11.7 Å². The van der Waals surface area contributed by atoms with Gasteiger partial charge < -0.3 is 9.47 Å². The lowest BCUT2D eigenvalue weighted by Gasteiger charge is -2.21. The fourth-order valence-electron chi connectivity index (χ4n) is 5.37. The van der Waals surface area contributed by atoms with E-state index in [9.17, 15) is 18.0 Å². The average Bonchev–Trinajstić information content (AvgIpc) is 3.39. The molecule has 1 aliphatic carbocycles. The minimum Gasteiger partial charge on any atom is -0.315 e. The minimum absolute atomic E-state index is 0.00294. The van der Waals surface area contributed by atoms with Gasteiger partial charge in [-0.2, -0.15) is 13.2 Å². The van der Waals surface area contributed by atoms with Gasteiger partial charge in [-0.05, 0) is 74.5 Å². The molecule has 2 fully saturated rings. The number of unbranched alkanes of at least 4 members (excludes halogenated alkanes) is 1. The van der Waals surface area contributed by atoms with Crippen molar-refractivity contribution in [1.82, 2.24) is 14.5 Å². The molecular formula is C27H28F3N3O. The Hall–Kier alpha value is -2.93. The van der Waals surface area contributed by atoms with Gasteiger partial charge in [0.15, 0.2) is 0 Å². The summed E-state index contributed by atoms with van der Waals surface area (Å²) in [4.78, 5) is 19.6. The Morgan fingerprint density at radius 3 is 2.53 bits per heavy atom. The van der Waals surface area contributed by atoms with Gasteiger partial charge in [0, 0.05) is 54.3 Å². The second-order valence-corrected chi connectivity index (χ2v) is 9.68. The van der Waals surface area contributed by atoms with Crippen LogP contribution in [-0.4, -0.2) is 34.1 Å². The van der Waals surface area contributed by atoms with E-state index in [1.807, 2.05) is 37.4 Å². The number of piperidine rings is 1. The molecule has 2 aromatic heterocycles. The third kappa shape index (κ3) is 4.41. The van der Waals surface area contributed by atoms with Crippen LogP contribution in [-0.2, 0) is 18.1 Å². The molecule has 3 heterocycles. The second kappa shape index (κ2) is 8.69. The standard InChI is InChI=1S/C27H28F3N3O/c1-19-6-7-20(16-31-19)24-5-4-14-33(25(24)34)13-3-2-12-32-17-23-15-26(23,18-32)21-8-10-22(11-9-21)27(28,29)30/h4-11,14,16,23H,2-3,12-13,15,17-18H2,1H3/t23-,26+/m0/s1. The van der Waals surface area contributed by atoms with E-state index in [2.05, 4.69) is 9.88 Å². The Labute approximate surface area is 197 Å². The minimum atomic E-state index is -4.29. The first-order valence-electron chi connectivity index (χ1n) is 11.8. The van der Waals surface area contributed by atoms with Crippen LogP contribution in [0, 0.1) is 12.8 Å². The van der Waals surface area contributed by atoms with Crippen LogP contribution in [0.4, 0.5) is 13.2 Å². The fourth-order valence-corrected chi connectivity index (χ4v) is 5.37. The molecule has 0 amide bonds. The highest BCUT2D eigenvalue weighted by atomic mass is 19.4. The normalized spacial score (nSPS) is 22.1. The van der Waals surface area contributed by atoms with Crippen LogP contribution in [0.5, 0.6) is 0 Å². The highest BCUT2D eigenvalue weighted by Gasteiger charge is 2.60. The van der Waals surface area contributed by atoms with Gasteiger partial charge in [0.25, 0.3) is 5.56 Å². The van der Waals surface area contributed by atoms with Gasteiger partial charge >= 0.3 is 6.18 Å². The molecule has 7 heteroatoms. The molecule has 1 saturated carbocycles. The number of halogens is 3. The summed E-state index contributed by atoms with van der Waals surface area (Å²) < 4.78 is 40.4. The number of pyridine rings is 2. The summed E-state index contributed by atoms with van der Waals surface area (Å²) in [7, 11) is 0. The lowest BCUT2D eigenvalue weighted by molar-refractivity contribution is -0.137. The van der Waals surface area contributed by atoms with Gasteiger partial charge in [-0.15, -0.1) is 0 Å². The molecule has 1 aromatic carbocycles. The van der Waals surface area contributed by atoms with Gasteiger partial charge in [-0.25, -0.2) is 0 Å². The van der Waals surface area contributed by atoms with E-state index >= 15 is 0 Å². The highest BCUT2D eigenvalue weighted by molar-refractivity contribution is 5.61. The largest absolute Gasteiger partial charge is 0.416 e. The lowest BCUT2D eigenvalue weighted by Crippen LogP contribution is -2.28. The Morgan fingerprint density at radius 2 is 1.82 bits per heavy atom. The molecule has 34 heavy (non-hydrogen) atoms. The molecule has 3 aromatic rings. The van der Waals surface area contributed by atoms with Crippen molar-refractivity contribution in [3.8, 4) is 11.1 Å². The number of hydrogen-bond acceptors (Lipinski definition) is 3. The number of aromatic nitrogens is 2. The topological polar surface area (TPSA) is 38.1 Å². The van der Waals surface area contributed by atoms with Crippen molar-refractivity contribution in [2.24, 2.45) is 5.92 Å². The maximum Gasteiger partial charge on any atom is 0.416 e. The quantitative estimate of drug-likeness (QED) is 0.443. The van der Waals surface area contributed by atoms with Gasteiger partial charge in [-0.1, -0.05) is 18.2 Å². The monoisotopic (exact) mass is 467 g/mol. The maximum atomic E-state index is 12.9. The van der Waals surface area contributed by atoms with Crippen molar-refractivity contribution in [1.29, 1.82) is 0 Å². The molecule has 1 aliphatic heterocycles. The first-order valence-corrected chi connectivity index (χ1v) is 11.8. The van der Waals surface area contributed by atoms with Gasteiger partial charge in [0.1, 0.15) is 0 Å². The van der Waals surface area contributed by atoms with Crippen molar-refractivity contribution in [2.45, 2.75) is 44.3 Å². The van der Waals surface area contributed by atoms with Crippen molar-refractivity contribution in [2.75, 3.05) is 19.6 Å². The number of aryl methyl sites for hydroxylation is 2. The van der Waals surface area contributed by atoms with Crippen LogP contribution >= 0.6 is 0 Å². The summed E-state index contributed by atoms with van der Waals surface area (Å²) >= 11 is 0. The zero-order valence-corrected chi connectivity index (χ0v) is 19.2. The zero-order valence-electron chi connectivity index (χ0n) is 19.2. The van der Waals surface area contributed by atoms with Gasteiger partial charge in [0.05, 0.1) is 5.56 Å². The van der Waals surface area contributed by atoms with Gasteiger partial charge in [0.2, 0.25) is 0 Å². The highest BCUT2D eigenvalue weighted by Crippen LogP contribution is 2.59. The van der Waals surface area contributed by atoms with E-state index in [0.29, 0.717) is 18.0 Å². The average molecular weight is 468 g/mol. The number of hydrogen-bond donors (Lipinski definition) is 0. The molecule has 0 N–H and O–H groups in total.